The summed E-state index contributed by atoms with van der Waals surface area (Å²) in [6, 6.07) is 2.97. The Morgan fingerprint density at radius 3 is 2.75 bits per heavy atom. The number of H-pyrrole nitrogens is 1. The van der Waals surface area contributed by atoms with Gasteiger partial charge < -0.3 is 5.32 Å². The molecule has 0 aliphatic heterocycles. The quantitative estimate of drug-likeness (QED) is 0.663. The van der Waals surface area contributed by atoms with Crippen LogP contribution in [0.25, 0.3) is 0 Å². The Bertz CT molecular complexity index is 256. The molecule has 3 heteroatoms. The molecule has 16 heavy (non-hydrogen) atoms. The SMILES string of the molecule is CCCCCCC(C)NC(C)c1ccn[nH]1. The minimum absolute atomic E-state index is 0.365. The monoisotopic (exact) mass is 223 g/mol. The van der Waals surface area contributed by atoms with Crippen molar-refractivity contribution in [2.24, 2.45) is 0 Å². The average Bonchev–Trinajstić information content (AvgIpc) is 2.77. The highest BCUT2D eigenvalue weighted by molar-refractivity contribution is 5.03. The molecule has 1 rings (SSSR count). The first kappa shape index (κ1) is 13.2. The number of nitrogens with one attached hydrogen (secondary N) is 2. The number of aromatic amines is 1. The van der Waals surface area contributed by atoms with Crippen LogP contribution >= 0.6 is 0 Å². The molecule has 92 valence electrons. The van der Waals surface area contributed by atoms with Crippen molar-refractivity contribution in [3.8, 4) is 0 Å². The molecule has 2 N–H and O–H groups in total. The van der Waals surface area contributed by atoms with E-state index in [9.17, 15) is 0 Å². The topological polar surface area (TPSA) is 40.7 Å². The van der Waals surface area contributed by atoms with Gasteiger partial charge >= 0.3 is 0 Å². The van der Waals surface area contributed by atoms with Gasteiger partial charge in [0, 0.05) is 18.3 Å². The number of rotatable bonds is 8. The normalized spacial score (nSPS) is 14.9. The Morgan fingerprint density at radius 1 is 1.31 bits per heavy atom. The van der Waals surface area contributed by atoms with Gasteiger partial charge in [0.2, 0.25) is 0 Å². The number of nitrogens with zero attached hydrogens (tertiary/aromatic N) is 1. The van der Waals surface area contributed by atoms with E-state index in [-0.39, 0.29) is 0 Å². The van der Waals surface area contributed by atoms with Gasteiger partial charge in [-0.2, -0.15) is 5.10 Å². The fraction of sp³-hybridized carbons (Fsp3) is 0.769. The fourth-order valence-electron chi connectivity index (χ4n) is 1.98. The first-order chi connectivity index (χ1) is 7.74. The Morgan fingerprint density at radius 2 is 2.12 bits per heavy atom. The predicted octanol–water partition coefficient (Wildman–Crippen LogP) is 3.42. The largest absolute Gasteiger partial charge is 0.306 e. The second-order valence-corrected chi connectivity index (χ2v) is 4.65. The maximum atomic E-state index is 3.97. The highest BCUT2D eigenvalue weighted by Crippen LogP contribution is 2.11. The fourth-order valence-corrected chi connectivity index (χ4v) is 1.98. The first-order valence-electron chi connectivity index (χ1n) is 6.49. The molecule has 0 aromatic carbocycles. The molecule has 0 saturated heterocycles. The molecule has 0 amide bonds. The summed E-state index contributed by atoms with van der Waals surface area (Å²) in [4.78, 5) is 0. The molecule has 0 fully saturated rings. The van der Waals surface area contributed by atoms with Crippen LogP contribution < -0.4 is 5.32 Å². The summed E-state index contributed by atoms with van der Waals surface area (Å²) in [6.07, 6.45) is 8.44. The Hall–Kier alpha value is -0.830. The van der Waals surface area contributed by atoms with Crippen LogP contribution in [0.5, 0.6) is 0 Å². The van der Waals surface area contributed by atoms with Gasteiger partial charge in [-0.25, -0.2) is 0 Å². The van der Waals surface area contributed by atoms with Gasteiger partial charge in [-0.05, 0) is 26.3 Å². The number of unbranched alkanes of at least 4 members (excludes halogenated alkanes) is 3. The molecule has 0 bridgehead atoms. The summed E-state index contributed by atoms with van der Waals surface area (Å²) >= 11 is 0. The van der Waals surface area contributed by atoms with Gasteiger partial charge in [-0.3, -0.25) is 5.10 Å². The summed E-state index contributed by atoms with van der Waals surface area (Å²) in [5.74, 6) is 0. The lowest BCUT2D eigenvalue weighted by Crippen LogP contribution is -2.29. The average molecular weight is 223 g/mol. The minimum atomic E-state index is 0.365. The maximum absolute atomic E-state index is 3.97. The molecule has 0 saturated carbocycles. The maximum Gasteiger partial charge on any atom is 0.0518 e. The molecular weight excluding hydrogens is 198 g/mol. The van der Waals surface area contributed by atoms with E-state index in [0.717, 1.165) is 0 Å². The third kappa shape index (κ3) is 4.79. The predicted molar refractivity (Wildman–Crippen MR) is 68.4 cm³/mol. The molecule has 0 spiro atoms. The van der Waals surface area contributed by atoms with E-state index in [2.05, 4.69) is 36.3 Å². The third-order valence-electron chi connectivity index (χ3n) is 3.01. The third-order valence-corrected chi connectivity index (χ3v) is 3.01. The van der Waals surface area contributed by atoms with E-state index in [0.29, 0.717) is 12.1 Å². The van der Waals surface area contributed by atoms with Crippen LogP contribution in [0.15, 0.2) is 12.3 Å². The molecule has 3 nitrogen and oxygen atoms in total. The number of hydrogen-bond acceptors (Lipinski definition) is 2. The van der Waals surface area contributed by atoms with Gasteiger partial charge in [-0.15, -0.1) is 0 Å². The minimum Gasteiger partial charge on any atom is -0.306 e. The van der Waals surface area contributed by atoms with Gasteiger partial charge in [0.1, 0.15) is 0 Å². The summed E-state index contributed by atoms with van der Waals surface area (Å²) in [5, 5.41) is 10.6. The van der Waals surface area contributed by atoms with E-state index < -0.39 is 0 Å². The molecule has 1 heterocycles. The van der Waals surface area contributed by atoms with Crippen LogP contribution in [0, 0.1) is 0 Å². The van der Waals surface area contributed by atoms with Crippen LogP contribution in [0.2, 0.25) is 0 Å². The zero-order chi connectivity index (χ0) is 11.8. The molecule has 0 aliphatic carbocycles. The van der Waals surface area contributed by atoms with Crippen LogP contribution in [0.3, 0.4) is 0 Å². The van der Waals surface area contributed by atoms with E-state index in [1.54, 1.807) is 6.20 Å². The molecule has 0 radical (unpaired) electrons. The zero-order valence-electron chi connectivity index (χ0n) is 10.8. The van der Waals surface area contributed by atoms with Gasteiger partial charge in [-0.1, -0.05) is 32.6 Å². The standard InChI is InChI=1S/C13H25N3/c1-4-5-6-7-8-11(2)15-12(3)13-9-10-14-16-13/h9-12,15H,4-8H2,1-3H3,(H,14,16). The Labute approximate surface area is 99.0 Å². The summed E-state index contributed by atoms with van der Waals surface area (Å²) in [6.45, 7) is 6.69. The van der Waals surface area contributed by atoms with Crippen LogP contribution in [-0.4, -0.2) is 16.2 Å². The van der Waals surface area contributed by atoms with E-state index in [1.165, 1.54) is 37.8 Å². The summed E-state index contributed by atoms with van der Waals surface area (Å²) in [5.41, 5.74) is 1.17. The highest BCUT2D eigenvalue weighted by atomic mass is 15.1. The van der Waals surface area contributed by atoms with Gasteiger partial charge in [0.25, 0.3) is 0 Å². The van der Waals surface area contributed by atoms with E-state index in [1.807, 2.05) is 6.07 Å². The molecule has 1 aromatic rings. The first-order valence-corrected chi connectivity index (χ1v) is 6.49. The van der Waals surface area contributed by atoms with Crippen LogP contribution in [0.1, 0.15) is 64.6 Å². The van der Waals surface area contributed by atoms with Crippen molar-refractivity contribution in [1.29, 1.82) is 0 Å². The van der Waals surface area contributed by atoms with Crippen molar-refractivity contribution in [2.45, 2.75) is 65.0 Å². The van der Waals surface area contributed by atoms with Crippen molar-refractivity contribution in [3.05, 3.63) is 18.0 Å². The van der Waals surface area contributed by atoms with Crippen molar-refractivity contribution >= 4 is 0 Å². The van der Waals surface area contributed by atoms with Crippen LogP contribution in [0.4, 0.5) is 0 Å². The second-order valence-electron chi connectivity index (χ2n) is 4.65. The summed E-state index contributed by atoms with van der Waals surface area (Å²) < 4.78 is 0. The van der Waals surface area contributed by atoms with Crippen molar-refractivity contribution in [2.75, 3.05) is 0 Å². The zero-order valence-corrected chi connectivity index (χ0v) is 10.8. The van der Waals surface area contributed by atoms with Crippen LogP contribution in [-0.2, 0) is 0 Å². The van der Waals surface area contributed by atoms with Gasteiger partial charge in [0.15, 0.2) is 0 Å². The smallest absolute Gasteiger partial charge is 0.0518 e. The van der Waals surface area contributed by atoms with Crippen molar-refractivity contribution in [1.82, 2.24) is 15.5 Å². The summed E-state index contributed by atoms with van der Waals surface area (Å²) in [7, 11) is 0. The lowest BCUT2D eigenvalue weighted by molar-refractivity contribution is 0.432. The van der Waals surface area contributed by atoms with Gasteiger partial charge in [0.05, 0.1) is 5.69 Å². The highest BCUT2D eigenvalue weighted by Gasteiger charge is 2.09. The Balaban J connectivity index is 2.16. The second kappa shape index (κ2) is 7.44. The lowest BCUT2D eigenvalue weighted by Gasteiger charge is -2.18. The van der Waals surface area contributed by atoms with E-state index >= 15 is 0 Å². The van der Waals surface area contributed by atoms with Crippen molar-refractivity contribution < 1.29 is 0 Å². The molecule has 2 unspecified atom stereocenters. The molecular formula is C13H25N3. The molecule has 2 atom stereocenters. The number of aromatic nitrogens is 2. The Kier molecular flexibility index (Phi) is 6.16. The molecule has 0 aliphatic rings. The molecule has 1 aromatic heterocycles. The number of hydrogen-bond donors (Lipinski definition) is 2. The van der Waals surface area contributed by atoms with Crippen molar-refractivity contribution in [3.63, 3.8) is 0 Å². The van der Waals surface area contributed by atoms with E-state index in [4.69, 9.17) is 0 Å². The lowest BCUT2D eigenvalue weighted by atomic mass is 10.1.